The minimum Gasteiger partial charge on any atom is -0.462 e. The lowest BCUT2D eigenvalue weighted by molar-refractivity contribution is -0.161. The third-order valence-corrected chi connectivity index (χ3v) is 12.9. The summed E-state index contributed by atoms with van der Waals surface area (Å²) in [6, 6.07) is 0. The number of rotatable bonds is 53. The van der Waals surface area contributed by atoms with Crippen molar-refractivity contribution in [1.82, 2.24) is 0 Å². The lowest BCUT2D eigenvalue weighted by Crippen LogP contribution is -2.29. The molecule has 0 bridgehead atoms. The number of unbranched alkanes of at least 4 members (excludes halogenated alkanes) is 24. The molecule has 0 heterocycles. The highest BCUT2D eigenvalue weighted by Gasteiger charge is 2.26. The quantitative estimate of drug-likeness (QED) is 0.0264. The summed E-state index contributed by atoms with van der Waals surface area (Å²) in [7, 11) is -4.40. The maximum absolute atomic E-state index is 12.7. The second kappa shape index (κ2) is 56.2. The van der Waals surface area contributed by atoms with E-state index in [-0.39, 0.29) is 38.6 Å². The number of carbonyl (C=O) groups is 2. The molecule has 10 heteroatoms. The highest BCUT2D eigenvalue weighted by Crippen LogP contribution is 2.43. The van der Waals surface area contributed by atoms with Crippen molar-refractivity contribution in [3.63, 3.8) is 0 Å². The smallest absolute Gasteiger partial charge is 0.462 e. The van der Waals surface area contributed by atoms with Crippen LogP contribution < -0.4 is 5.73 Å². The molecule has 0 saturated heterocycles. The van der Waals surface area contributed by atoms with Gasteiger partial charge in [0.1, 0.15) is 6.61 Å². The van der Waals surface area contributed by atoms with Gasteiger partial charge in [-0.15, -0.1) is 0 Å². The van der Waals surface area contributed by atoms with Crippen molar-refractivity contribution in [2.75, 3.05) is 26.4 Å². The van der Waals surface area contributed by atoms with Gasteiger partial charge in [-0.05, 0) is 96.3 Å². The number of allylic oxidation sites excluding steroid dienone is 16. The molecule has 71 heavy (non-hydrogen) atoms. The first-order valence-electron chi connectivity index (χ1n) is 28.7. The lowest BCUT2D eigenvalue weighted by Gasteiger charge is -2.19. The lowest BCUT2D eigenvalue weighted by atomic mass is 10.0. The Morgan fingerprint density at radius 2 is 0.775 bits per heavy atom. The summed E-state index contributed by atoms with van der Waals surface area (Å²) < 4.78 is 33.0. The van der Waals surface area contributed by atoms with E-state index in [1.54, 1.807) is 0 Å². The Morgan fingerprint density at radius 1 is 0.437 bits per heavy atom. The van der Waals surface area contributed by atoms with Crippen molar-refractivity contribution in [2.24, 2.45) is 5.73 Å². The number of hydrogen-bond donors (Lipinski definition) is 2. The van der Waals surface area contributed by atoms with E-state index in [1.165, 1.54) is 109 Å². The molecule has 0 aromatic carbocycles. The fourth-order valence-electron chi connectivity index (χ4n) is 7.73. The van der Waals surface area contributed by atoms with E-state index < -0.39 is 26.5 Å². The Bertz CT molecular complexity index is 1480. The van der Waals surface area contributed by atoms with Gasteiger partial charge in [0.25, 0.3) is 0 Å². The van der Waals surface area contributed by atoms with Crippen LogP contribution in [0.4, 0.5) is 0 Å². The number of nitrogens with two attached hydrogens (primary N) is 1. The van der Waals surface area contributed by atoms with Gasteiger partial charge in [0.05, 0.1) is 13.2 Å². The van der Waals surface area contributed by atoms with Crippen LogP contribution in [-0.2, 0) is 32.7 Å². The zero-order valence-electron chi connectivity index (χ0n) is 45.4. The third kappa shape index (κ3) is 56.1. The Kier molecular flexibility index (Phi) is 53.8. The van der Waals surface area contributed by atoms with Crippen LogP contribution in [0.2, 0.25) is 0 Å². The molecular formula is C61H106NO8P. The van der Waals surface area contributed by atoms with Crippen LogP contribution in [0.3, 0.4) is 0 Å². The molecule has 0 saturated carbocycles. The molecule has 3 N–H and O–H groups in total. The van der Waals surface area contributed by atoms with Crippen molar-refractivity contribution < 1.29 is 37.6 Å². The van der Waals surface area contributed by atoms with Crippen molar-refractivity contribution >= 4 is 19.8 Å². The van der Waals surface area contributed by atoms with Gasteiger partial charge in [-0.2, -0.15) is 0 Å². The van der Waals surface area contributed by atoms with E-state index in [2.05, 4.69) is 111 Å². The van der Waals surface area contributed by atoms with Gasteiger partial charge < -0.3 is 20.1 Å². The summed E-state index contributed by atoms with van der Waals surface area (Å²) in [5, 5.41) is 0. The number of phosphoric ester groups is 1. The van der Waals surface area contributed by atoms with Crippen LogP contribution in [0.1, 0.15) is 245 Å². The fraction of sp³-hybridized carbons (Fsp3) is 0.705. The van der Waals surface area contributed by atoms with Crippen LogP contribution in [0.25, 0.3) is 0 Å². The maximum atomic E-state index is 12.7. The molecule has 0 aliphatic heterocycles. The van der Waals surface area contributed by atoms with E-state index in [9.17, 15) is 19.0 Å². The summed E-state index contributed by atoms with van der Waals surface area (Å²) in [6.07, 6.45) is 74.5. The Labute approximate surface area is 436 Å². The number of phosphoric acid groups is 1. The first kappa shape index (κ1) is 67.9. The van der Waals surface area contributed by atoms with Gasteiger partial charge in [0.2, 0.25) is 0 Å². The molecule has 0 radical (unpaired) electrons. The zero-order chi connectivity index (χ0) is 51.7. The van der Waals surface area contributed by atoms with Crippen molar-refractivity contribution in [3.8, 4) is 0 Å². The summed E-state index contributed by atoms with van der Waals surface area (Å²) in [4.78, 5) is 35.2. The van der Waals surface area contributed by atoms with Crippen LogP contribution in [0.5, 0.6) is 0 Å². The van der Waals surface area contributed by atoms with E-state index in [1.807, 2.05) is 0 Å². The van der Waals surface area contributed by atoms with E-state index >= 15 is 0 Å². The van der Waals surface area contributed by atoms with E-state index in [4.69, 9.17) is 24.3 Å². The van der Waals surface area contributed by atoms with Gasteiger partial charge in [-0.1, -0.05) is 233 Å². The molecule has 9 nitrogen and oxygen atoms in total. The van der Waals surface area contributed by atoms with Crippen molar-refractivity contribution in [1.29, 1.82) is 0 Å². The highest BCUT2D eigenvalue weighted by atomic mass is 31.2. The Morgan fingerprint density at radius 3 is 1.15 bits per heavy atom. The molecule has 0 aromatic heterocycles. The zero-order valence-corrected chi connectivity index (χ0v) is 46.3. The molecular weight excluding hydrogens is 906 g/mol. The van der Waals surface area contributed by atoms with Gasteiger partial charge in [0, 0.05) is 19.4 Å². The molecule has 2 atom stereocenters. The van der Waals surface area contributed by atoms with Gasteiger partial charge in [0.15, 0.2) is 6.10 Å². The van der Waals surface area contributed by atoms with E-state index in [0.717, 1.165) is 103 Å². The molecule has 0 aromatic rings. The fourth-order valence-corrected chi connectivity index (χ4v) is 8.49. The standard InChI is InChI=1S/C61H106NO8P/c1-3-5-7-9-11-13-15-17-19-21-23-25-26-27-28-29-30-31-32-34-36-38-40-42-44-46-48-50-52-54-61(64)70-59(58-69-71(65,66)68-56-55-62)57-67-60(63)53-51-49-47-45-43-41-39-37-35-33-24-22-20-18-16-14-12-10-8-6-4-2/h5,7,11,13,16-19,22-25,27-28,30-31,59H,3-4,6,8-10,12,14-15,20-21,26,29,32-58,62H2,1-2H3,(H,65,66)/b7-5-,13-11-,18-16-,19-17-,24-22-,25-23-,28-27-,31-30-. The molecule has 2 unspecified atom stereocenters. The first-order chi connectivity index (χ1) is 34.8. The second-order valence-electron chi connectivity index (χ2n) is 18.8. The molecule has 0 spiro atoms. The molecule has 0 aliphatic carbocycles. The summed E-state index contributed by atoms with van der Waals surface area (Å²) >= 11 is 0. The largest absolute Gasteiger partial charge is 0.472 e. The predicted molar refractivity (Wildman–Crippen MR) is 302 cm³/mol. The highest BCUT2D eigenvalue weighted by molar-refractivity contribution is 7.47. The number of hydrogen-bond acceptors (Lipinski definition) is 8. The van der Waals surface area contributed by atoms with Crippen molar-refractivity contribution in [3.05, 3.63) is 97.2 Å². The van der Waals surface area contributed by atoms with Gasteiger partial charge in [-0.25, -0.2) is 4.57 Å². The van der Waals surface area contributed by atoms with E-state index in [0.29, 0.717) is 6.42 Å². The van der Waals surface area contributed by atoms with Gasteiger partial charge in [-0.3, -0.25) is 18.6 Å². The maximum Gasteiger partial charge on any atom is 0.472 e. The Balaban J connectivity index is 4.02. The molecule has 0 fully saturated rings. The SMILES string of the molecule is CC/C=C\C/C=C\C/C=C\C/C=C\C/C=C\C/C=C\CCCCCCCCCCCCC(=O)OC(COC(=O)CCCCCCCCCCC/C=C\C/C=C\CCCCCCC)COP(=O)(O)OCCN. The minimum absolute atomic E-state index is 0.0479. The summed E-state index contributed by atoms with van der Waals surface area (Å²) in [5.41, 5.74) is 5.38. The number of esters is 2. The minimum atomic E-state index is -4.40. The third-order valence-electron chi connectivity index (χ3n) is 12.0. The van der Waals surface area contributed by atoms with Gasteiger partial charge >= 0.3 is 19.8 Å². The second-order valence-corrected chi connectivity index (χ2v) is 20.2. The van der Waals surface area contributed by atoms with Crippen molar-refractivity contribution in [2.45, 2.75) is 251 Å². The average Bonchev–Trinajstić information content (AvgIpc) is 3.36. The monoisotopic (exact) mass is 1010 g/mol. The van der Waals surface area contributed by atoms with Crippen LogP contribution >= 0.6 is 7.82 Å². The molecule has 0 aliphatic rings. The molecule has 0 rings (SSSR count). The Hall–Kier alpha value is -3.07. The van der Waals surface area contributed by atoms with Crippen LogP contribution in [0.15, 0.2) is 97.2 Å². The average molecular weight is 1010 g/mol. The molecule has 0 amide bonds. The number of carbonyl (C=O) groups excluding carboxylic acids is 2. The predicted octanol–water partition coefficient (Wildman–Crippen LogP) is 18.1. The summed E-state index contributed by atoms with van der Waals surface area (Å²) in [5.74, 6) is -0.838. The van der Waals surface area contributed by atoms with Crippen LogP contribution in [-0.4, -0.2) is 49.3 Å². The van der Waals surface area contributed by atoms with Crippen LogP contribution in [0, 0.1) is 0 Å². The molecule has 408 valence electrons. The topological polar surface area (TPSA) is 134 Å². The normalized spacial score (nSPS) is 13.8. The first-order valence-corrected chi connectivity index (χ1v) is 30.2. The number of ether oxygens (including phenoxy) is 2. The summed E-state index contributed by atoms with van der Waals surface area (Å²) in [6.45, 7) is 3.62.